The van der Waals surface area contributed by atoms with Crippen LogP contribution in [0.1, 0.15) is 30.7 Å². The van der Waals surface area contributed by atoms with Gasteiger partial charge in [-0.05, 0) is 60.4 Å². The quantitative estimate of drug-likeness (QED) is 0.789. The first-order chi connectivity index (χ1) is 8.34. The Morgan fingerprint density at radius 3 is 3.12 bits per heavy atom. The Morgan fingerprint density at radius 1 is 1.24 bits per heavy atom. The zero-order chi connectivity index (χ0) is 11.7. The SMILES string of the molecule is Brc1ccc2[nH]cc(C3CCCSCC3)c2c1. The van der Waals surface area contributed by atoms with Gasteiger partial charge in [-0.25, -0.2) is 0 Å². The van der Waals surface area contributed by atoms with Crippen molar-refractivity contribution in [3.63, 3.8) is 0 Å². The summed E-state index contributed by atoms with van der Waals surface area (Å²) >= 11 is 5.68. The third-order valence-corrected chi connectivity index (χ3v) is 5.16. The maximum atomic E-state index is 3.57. The second-order valence-corrected chi connectivity index (χ2v) is 6.81. The minimum Gasteiger partial charge on any atom is -0.361 e. The van der Waals surface area contributed by atoms with Gasteiger partial charge in [0.2, 0.25) is 0 Å². The number of thioether (sulfide) groups is 1. The van der Waals surface area contributed by atoms with Crippen molar-refractivity contribution in [3.05, 3.63) is 34.4 Å². The number of hydrogen-bond acceptors (Lipinski definition) is 1. The van der Waals surface area contributed by atoms with Crippen LogP contribution in [0.25, 0.3) is 10.9 Å². The lowest BCUT2D eigenvalue weighted by atomic mass is 9.92. The van der Waals surface area contributed by atoms with E-state index >= 15 is 0 Å². The molecule has 1 aliphatic rings. The third kappa shape index (κ3) is 2.41. The Hall–Kier alpha value is -0.410. The van der Waals surface area contributed by atoms with Crippen molar-refractivity contribution in [2.24, 2.45) is 0 Å². The normalized spacial score (nSPS) is 21.6. The summed E-state index contributed by atoms with van der Waals surface area (Å²) in [6, 6.07) is 6.51. The number of aromatic amines is 1. The summed E-state index contributed by atoms with van der Waals surface area (Å²) in [5, 5.41) is 1.40. The first kappa shape index (κ1) is 11.7. The van der Waals surface area contributed by atoms with E-state index in [1.165, 1.54) is 51.7 Å². The van der Waals surface area contributed by atoms with Crippen LogP contribution in [0.3, 0.4) is 0 Å². The fourth-order valence-electron chi connectivity index (χ4n) is 2.67. The Morgan fingerprint density at radius 2 is 2.18 bits per heavy atom. The fraction of sp³-hybridized carbons (Fsp3) is 0.429. The molecule has 1 N–H and O–H groups in total. The summed E-state index contributed by atoms with van der Waals surface area (Å²) in [5.41, 5.74) is 2.78. The zero-order valence-corrected chi connectivity index (χ0v) is 12.1. The molecule has 1 fully saturated rings. The summed E-state index contributed by atoms with van der Waals surface area (Å²) in [5.74, 6) is 3.39. The molecule has 0 spiro atoms. The first-order valence-electron chi connectivity index (χ1n) is 6.19. The van der Waals surface area contributed by atoms with E-state index in [0.29, 0.717) is 0 Å². The number of aromatic nitrogens is 1. The molecule has 1 unspecified atom stereocenters. The van der Waals surface area contributed by atoms with Gasteiger partial charge < -0.3 is 4.98 Å². The maximum absolute atomic E-state index is 3.57. The molecule has 0 amide bonds. The number of halogens is 1. The van der Waals surface area contributed by atoms with Crippen LogP contribution in [0.5, 0.6) is 0 Å². The molecule has 1 aromatic heterocycles. The molecule has 1 nitrogen and oxygen atoms in total. The molecule has 3 heteroatoms. The fourth-order valence-corrected chi connectivity index (χ4v) is 4.05. The molecule has 2 heterocycles. The predicted octanol–water partition coefficient (Wildman–Crippen LogP) is 4.93. The van der Waals surface area contributed by atoms with Gasteiger partial charge in [0.25, 0.3) is 0 Å². The predicted molar refractivity (Wildman–Crippen MR) is 79.9 cm³/mol. The number of nitrogens with one attached hydrogen (secondary N) is 1. The van der Waals surface area contributed by atoms with Gasteiger partial charge in [-0.3, -0.25) is 0 Å². The lowest BCUT2D eigenvalue weighted by Crippen LogP contribution is -1.97. The molecule has 0 radical (unpaired) electrons. The molecule has 90 valence electrons. The third-order valence-electron chi connectivity index (χ3n) is 3.57. The van der Waals surface area contributed by atoms with Crippen molar-refractivity contribution in [1.82, 2.24) is 4.98 Å². The van der Waals surface area contributed by atoms with E-state index in [2.05, 4.69) is 57.1 Å². The summed E-state index contributed by atoms with van der Waals surface area (Å²) in [7, 11) is 0. The topological polar surface area (TPSA) is 15.8 Å². The van der Waals surface area contributed by atoms with Crippen LogP contribution in [0, 0.1) is 0 Å². The van der Waals surface area contributed by atoms with Crippen LogP contribution in [-0.4, -0.2) is 16.5 Å². The molecule has 0 aliphatic carbocycles. The average molecular weight is 310 g/mol. The van der Waals surface area contributed by atoms with E-state index in [9.17, 15) is 0 Å². The Kier molecular flexibility index (Phi) is 3.48. The average Bonchev–Trinajstić information content (AvgIpc) is 2.58. The minimum absolute atomic E-state index is 0.744. The van der Waals surface area contributed by atoms with E-state index in [1.807, 2.05) is 0 Å². The van der Waals surface area contributed by atoms with Gasteiger partial charge in [-0.2, -0.15) is 11.8 Å². The molecule has 2 aromatic rings. The second-order valence-electron chi connectivity index (χ2n) is 4.67. The zero-order valence-electron chi connectivity index (χ0n) is 9.71. The number of benzene rings is 1. The molecule has 3 rings (SSSR count). The second kappa shape index (κ2) is 5.07. The smallest absolute Gasteiger partial charge is 0.0457 e. The minimum atomic E-state index is 0.744. The van der Waals surface area contributed by atoms with Gasteiger partial charge in [0.05, 0.1) is 0 Å². The molecule has 1 saturated heterocycles. The van der Waals surface area contributed by atoms with Crippen molar-refractivity contribution in [2.45, 2.75) is 25.2 Å². The Bertz CT molecular complexity index is 512. The highest BCUT2D eigenvalue weighted by atomic mass is 79.9. The lowest BCUT2D eigenvalue weighted by Gasteiger charge is -2.12. The van der Waals surface area contributed by atoms with Gasteiger partial charge in [0.1, 0.15) is 0 Å². The van der Waals surface area contributed by atoms with E-state index in [-0.39, 0.29) is 0 Å². The van der Waals surface area contributed by atoms with Crippen LogP contribution < -0.4 is 0 Å². The number of rotatable bonds is 1. The molecular formula is C14H16BrNS. The van der Waals surface area contributed by atoms with Crippen molar-refractivity contribution < 1.29 is 0 Å². The van der Waals surface area contributed by atoms with E-state index in [0.717, 1.165) is 5.92 Å². The van der Waals surface area contributed by atoms with Gasteiger partial charge in [-0.15, -0.1) is 0 Å². The van der Waals surface area contributed by atoms with Crippen LogP contribution in [0.15, 0.2) is 28.9 Å². The summed E-state index contributed by atoms with van der Waals surface area (Å²) in [6.45, 7) is 0. The number of hydrogen-bond donors (Lipinski definition) is 1. The van der Waals surface area contributed by atoms with Gasteiger partial charge in [0, 0.05) is 21.6 Å². The van der Waals surface area contributed by atoms with Crippen molar-refractivity contribution in [2.75, 3.05) is 11.5 Å². The van der Waals surface area contributed by atoms with Gasteiger partial charge in [0.15, 0.2) is 0 Å². The van der Waals surface area contributed by atoms with E-state index in [1.54, 1.807) is 0 Å². The molecule has 1 aromatic carbocycles. The maximum Gasteiger partial charge on any atom is 0.0457 e. The van der Waals surface area contributed by atoms with Crippen LogP contribution in [0.4, 0.5) is 0 Å². The lowest BCUT2D eigenvalue weighted by molar-refractivity contribution is 0.617. The van der Waals surface area contributed by atoms with E-state index < -0.39 is 0 Å². The van der Waals surface area contributed by atoms with Crippen molar-refractivity contribution >= 4 is 38.6 Å². The van der Waals surface area contributed by atoms with Crippen molar-refractivity contribution in [1.29, 1.82) is 0 Å². The molecule has 0 saturated carbocycles. The van der Waals surface area contributed by atoms with Gasteiger partial charge >= 0.3 is 0 Å². The molecule has 0 bridgehead atoms. The largest absolute Gasteiger partial charge is 0.361 e. The first-order valence-corrected chi connectivity index (χ1v) is 8.13. The highest BCUT2D eigenvalue weighted by molar-refractivity contribution is 9.10. The molecular weight excluding hydrogens is 294 g/mol. The standard InChI is InChI=1S/C14H16BrNS/c15-11-3-4-14-12(8-11)13(9-16-14)10-2-1-6-17-7-5-10/h3-4,8-10,16H,1-2,5-7H2. The molecule has 17 heavy (non-hydrogen) atoms. The summed E-state index contributed by atoms with van der Waals surface area (Å²) in [4.78, 5) is 3.41. The van der Waals surface area contributed by atoms with Crippen LogP contribution in [0.2, 0.25) is 0 Å². The van der Waals surface area contributed by atoms with Crippen LogP contribution in [-0.2, 0) is 0 Å². The number of H-pyrrole nitrogens is 1. The monoisotopic (exact) mass is 309 g/mol. The Labute approximate surface area is 114 Å². The van der Waals surface area contributed by atoms with E-state index in [4.69, 9.17) is 0 Å². The van der Waals surface area contributed by atoms with Gasteiger partial charge in [-0.1, -0.05) is 15.9 Å². The number of fused-ring (bicyclic) bond motifs is 1. The Balaban J connectivity index is 2.00. The highest BCUT2D eigenvalue weighted by Gasteiger charge is 2.17. The highest BCUT2D eigenvalue weighted by Crippen LogP contribution is 2.35. The molecule has 1 atom stereocenters. The summed E-state index contributed by atoms with van der Waals surface area (Å²) in [6.07, 6.45) is 6.24. The van der Waals surface area contributed by atoms with Crippen LogP contribution >= 0.6 is 27.7 Å². The van der Waals surface area contributed by atoms with Crippen molar-refractivity contribution in [3.8, 4) is 0 Å². The summed E-state index contributed by atoms with van der Waals surface area (Å²) < 4.78 is 1.17. The molecule has 1 aliphatic heterocycles.